The third-order valence-corrected chi connectivity index (χ3v) is 5.67. The highest BCUT2D eigenvalue weighted by Crippen LogP contribution is 2.44. The molecule has 0 radical (unpaired) electrons. The van der Waals surface area contributed by atoms with Crippen LogP contribution in [0, 0.1) is 23.2 Å². The van der Waals surface area contributed by atoms with Gasteiger partial charge in [-0.2, -0.15) is 5.26 Å². The molecule has 0 aromatic heterocycles. The molecule has 138 valence electrons. The smallest absolute Gasteiger partial charge is 0.305 e. The number of carbonyl (C=O) groups excluding carboxylic acids is 1. The summed E-state index contributed by atoms with van der Waals surface area (Å²) < 4.78 is 4.66. The Morgan fingerprint density at radius 1 is 1.17 bits per heavy atom. The Kier molecular flexibility index (Phi) is 10.0. The van der Waals surface area contributed by atoms with Crippen LogP contribution in [0.3, 0.4) is 0 Å². The number of hydrogen-bond acceptors (Lipinski definition) is 4. The third-order valence-electron chi connectivity index (χ3n) is 5.67. The molecule has 0 spiro atoms. The van der Waals surface area contributed by atoms with Gasteiger partial charge in [0.2, 0.25) is 0 Å². The Labute approximate surface area is 148 Å². The normalized spacial score (nSPS) is 26.2. The van der Waals surface area contributed by atoms with E-state index in [1.165, 1.54) is 39.2 Å². The Morgan fingerprint density at radius 3 is 2.50 bits per heavy atom. The number of carbonyl (C=O) groups is 1. The summed E-state index contributed by atoms with van der Waals surface area (Å²) in [7, 11) is 1.44. The van der Waals surface area contributed by atoms with Crippen molar-refractivity contribution in [3.63, 3.8) is 0 Å². The Bertz CT molecular complexity index is 405. The second-order valence-electron chi connectivity index (χ2n) is 7.44. The van der Waals surface area contributed by atoms with Gasteiger partial charge in [0.25, 0.3) is 0 Å². The molecule has 2 N–H and O–H groups in total. The number of nitriles is 1. The summed E-state index contributed by atoms with van der Waals surface area (Å²) in [5.41, 5.74) is 5.79. The standard InChI is InChI=1S/C20H36N2O2/c1-3-4-5-8-11-17-14-15-20(22,16-21)18(17)12-9-6-7-10-13-19(23)24-2/h17-18H,3-15,22H2,1-2H3. The maximum Gasteiger partial charge on any atom is 0.305 e. The maximum atomic E-state index is 11.1. The molecular weight excluding hydrogens is 300 g/mol. The molecule has 0 aliphatic heterocycles. The predicted molar refractivity (Wildman–Crippen MR) is 97.2 cm³/mol. The first-order valence-electron chi connectivity index (χ1n) is 9.84. The Morgan fingerprint density at radius 2 is 1.83 bits per heavy atom. The number of ether oxygens (including phenoxy) is 1. The van der Waals surface area contributed by atoms with E-state index in [4.69, 9.17) is 5.73 Å². The summed E-state index contributed by atoms with van der Waals surface area (Å²) in [6.45, 7) is 2.24. The quantitative estimate of drug-likeness (QED) is 0.413. The molecule has 3 atom stereocenters. The molecule has 1 aliphatic carbocycles. The van der Waals surface area contributed by atoms with Gasteiger partial charge in [-0.25, -0.2) is 0 Å². The van der Waals surface area contributed by atoms with Crippen LogP contribution in [0.5, 0.6) is 0 Å². The van der Waals surface area contributed by atoms with Gasteiger partial charge in [-0.1, -0.05) is 58.3 Å². The van der Waals surface area contributed by atoms with Crippen molar-refractivity contribution in [2.45, 2.75) is 95.9 Å². The van der Waals surface area contributed by atoms with Gasteiger partial charge in [-0.3, -0.25) is 4.79 Å². The average molecular weight is 337 g/mol. The lowest BCUT2D eigenvalue weighted by molar-refractivity contribution is -0.140. The predicted octanol–water partition coefficient (Wildman–Crippen LogP) is 4.72. The number of nitrogens with two attached hydrogens (primary N) is 1. The van der Waals surface area contributed by atoms with Crippen LogP contribution in [0.25, 0.3) is 0 Å². The molecule has 1 fully saturated rings. The van der Waals surface area contributed by atoms with Crippen LogP contribution >= 0.6 is 0 Å². The topological polar surface area (TPSA) is 76.1 Å². The van der Waals surface area contributed by atoms with Crippen molar-refractivity contribution in [1.29, 1.82) is 5.26 Å². The van der Waals surface area contributed by atoms with E-state index in [0.29, 0.717) is 18.3 Å². The summed E-state index contributed by atoms with van der Waals surface area (Å²) in [6.07, 6.45) is 14.1. The largest absolute Gasteiger partial charge is 0.469 e. The highest BCUT2D eigenvalue weighted by Gasteiger charge is 2.45. The van der Waals surface area contributed by atoms with Crippen LogP contribution in [-0.2, 0) is 9.53 Å². The van der Waals surface area contributed by atoms with Gasteiger partial charge in [-0.05, 0) is 37.5 Å². The monoisotopic (exact) mass is 336 g/mol. The zero-order valence-electron chi connectivity index (χ0n) is 15.7. The number of rotatable bonds is 12. The summed E-state index contributed by atoms with van der Waals surface area (Å²) in [4.78, 5) is 11.1. The van der Waals surface area contributed by atoms with E-state index in [2.05, 4.69) is 17.7 Å². The second-order valence-corrected chi connectivity index (χ2v) is 7.44. The third kappa shape index (κ3) is 6.81. The first-order chi connectivity index (χ1) is 11.6. The molecule has 1 rings (SSSR count). The SMILES string of the molecule is CCCCCCC1CCC(N)(C#N)C1CCCCCCC(=O)OC. The van der Waals surface area contributed by atoms with Gasteiger partial charge in [0.15, 0.2) is 0 Å². The van der Waals surface area contributed by atoms with Crippen LogP contribution in [0.1, 0.15) is 90.4 Å². The van der Waals surface area contributed by atoms with Crippen LogP contribution in [-0.4, -0.2) is 18.6 Å². The highest BCUT2D eigenvalue weighted by molar-refractivity contribution is 5.68. The molecule has 0 saturated heterocycles. The van der Waals surface area contributed by atoms with Crippen LogP contribution < -0.4 is 5.73 Å². The number of esters is 1. The van der Waals surface area contributed by atoms with E-state index in [-0.39, 0.29) is 5.97 Å². The van der Waals surface area contributed by atoms with Crippen molar-refractivity contribution in [2.24, 2.45) is 17.6 Å². The molecule has 0 heterocycles. The van der Waals surface area contributed by atoms with Crippen LogP contribution in [0.15, 0.2) is 0 Å². The van der Waals surface area contributed by atoms with E-state index in [1.807, 2.05) is 0 Å². The number of methoxy groups -OCH3 is 1. The molecule has 0 amide bonds. The zero-order chi connectivity index (χ0) is 17.8. The first-order valence-corrected chi connectivity index (χ1v) is 9.84. The maximum absolute atomic E-state index is 11.1. The van der Waals surface area contributed by atoms with Gasteiger partial charge < -0.3 is 10.5 Å². The highest BCUT2D eigenvalue weighted by atomic mass is 16.5. The van der Waals surface area contributed by atoms with Gasteiger partial charge in [0.1, 0.15) is 5.54 Å². The first kappa shape index (κ1) is 21.0. The van der Waals surface area contributed by atoms with Crippen molar-refractivity contribution >= 4 is 5.97 Å². The van der Waals surface area contributed by atoms with E-state index >= 15 is 0 Å². The Hall–Kier alpha value is -1.08. The lowest BCUT2D eigenvalue weighted by atomic mass is 9.79. The molecule has 4 nitrogen and oxygen atoms in total. The summed E-state index contributed by atoms with van der Waals surface area (Å²) in [5.74, 6) is 0.856. The van der Waals surface area contributed by atoms with Crippen LogP contribution in [0.4, 0.5) is 0 Å². The lowest BCUT2D eigenvalue weighted by Crippen LogP contribution is -2.43. The van der Waals surface area contributed by atoms with E-state index < -0.39 is 5.54 Å². The van der Waals surface area contributed by atoms with Gasteiger partial charge in [0, 0.05) is 6.42 Å². The molecule has 0 bridgehead atoms. The van der Waals surface area contributed by atoms with Gasteiger partial charge >= 0.3 is 5.97 Å². The number of nitrogens with zero attached hydrogens (tertiary/aromatic N) is 1. The summed E-state index contributed by atoms with van der Waals surface area (Å²) in [6, 6.07) is 2.41. The molecule has 0 aromatic rings. The molecule has 1 aliphatic rings. The fourth-order valence-corrected chi connectivity index (χ4v) is 4.13. The van der Waals surface area contributed by atoms with E-state index in [9.17, 15) is 10.1 Å². The van der Waals surface area contributed by atoms with Gasteiger partial charge in [0.05, 0.1) is 13.2 Å². The molecule has 4 heteroatoms. The van der Waals surface area contributed by atoms with Crippen molar-refractivity contribution < 1.29 is 9.53 Å². The molecule has 24 heavy (non-hydrogen) atoms. The van der Waals surface area contributed by atoms with Crippen LogP contribution in [0.2, 0.25) is 0 Å². The zero-order valence-corrected chi connectivity index (χ0v) is 15.7. The average Bonchev–Trinajstić information content (AvgIpc) is 2.91. The molecular formula is C20H36N2O2. The minimum absolute atomic E-state index is 0.122. The van der Waals surface area contributed by atoms with Crippen molar-refractivity contribution in [2.75, 3.05) is 7.11 Å². The molecule has 3 unspecified atom stereocenters. The summed E-state index contributed by atoms with van der Waals surface area (Å²) in [5, 5.41) is 9.53. The van der Waals surface area contributed by atoms with Crippen molar-refractivity contribution in [1.82, 2.24) is 0 Å². The summed E-state index contributed by atoms with van der Waals surface area (Å²) >= 11 is 0. The number of hydrogen-bond donors (Lipinski definition) is 1. The molecule has 0 aromatic carbocycles. The fourth-order valence-electron chi connectivity index (χ4n) is 4.13. The van der Waals surface area contributed by atoms with E-state index in [0.717, 1.165) is 44.9 Å². The van der Waals surface area contributed by atoms with Crippen molar-refractivity contribution in [3.05, 3.63) is 0 Å². The van der Waals surface area contributed by atoms with Gasteiger partial charge in [-0.15, -0.1) is 0 Å². The Balaban J connectivity index is 2.33. The fraction of sp³-hybridized carbons (Fsp3) is 0.900. The number of unbranched alkanes of at least 4 members (excludes halogenated alkanes) is 6. The van der Waals surface area contributed by atoms with Crippen molar-refractivity contribution in [3.8, 4) is 6.07 Å². The molecule has 1 saturated carbocycles. The second kappa shape index (κ2) is 11.5. The lowest BCUT2D eigenvalue weighted by Gasteiger charge is -2.28. The minimum Gasteiger partial charge on any atom is -0.469 e. The minimum atomic E-state index is -0.610. The van der Waals surface area contributed by atoms with E-state index in [1.54, 1.807) is 0 Å².